The molecule has 0 aliphatic rings. The van der Waals surface area contributed by atoms with Crippen LogP contribution in [0.25, 0.3) is 0 Å². The SMILES string of the molecule is Cc1nn(CCCCC(C)(O)CN)cc1Cl. The van der Waals surface area contributed by atoms with Gasteiger partial charge >= 0.3 is 0 Å². The number of aryl methyl sites for hydroxylation is 2. The summed E-state index contributed by atoms with van der Waals surface area (Å²) < 4.78 is 1.84. The van der Waals surface area contributed by atoms with E-state index < -0.39 is 5.60 Å². The molecule has 0 aliphatic heterocycles. The van der Waals surface area contributed by atoms with E-state index in [1.807, 2.05) is 17.8 Å². The standard InChI is InChI=1S/C11H20ClN3O/c1-9-10(12)7-15(14-9)6-4-3-5-11(2,16)8-13/h7,16H,3-6,8,13H2,1-2H3. The van der Waals surface area contributed by atoms with Gasteiger partial charge in [0, 0.05) is 19.3 Å². The summed E-state index contributed by atoms with van der Waals surface area (Å²) in [6.45, 7) is 4.79. The molecule has 92 valence electrons. The monoisotopic (exact) mass is 245 g/mol. The van der Waals surface area contributed by atoms with E-state index in [9.17, 15) is 5.11 Å². The number of rotatable bonds is 6. The van der Waals surface area contributed by atoms with Gasteiger partial charge in [-0.05, 0) is 33.1 Å². The average molecular weight is 246 g/mol. The van der Waals surface area contributed by atoms with Gasteiger partial charge in [0.25, 0.3) is 0 Å². The fourth-order valence-corrected chi connectivity index (χ4v) is 1.64. The van der Waals surface area contributed by atoms with Crippen LogP contribution in [0.4, 0.5) is 0 Å². The molecule has 1 rings (SSSR count). The lowest BCUT2D eigenvalue weighted by Crippen LogP contribution is -2.33. The second-order valence-corrected chi connectivity index (χ2v) is 4.89. The quantitative estimate of drug-likeness (QED) is 0.751. The summed E-state index contributed by atoms with van der Waals surface area (Å²) in [5.41, 5.74) is 5.56. The van der Waals surface area contributed by atoms with Gasteiger partial charge in [-0.25, -0.2) is 0 Å². The van der Waals surface area contributed by atoms with E-state index in [1.54, 1.807) is 6.92 Å². The zero-order valence-electron chi connectivity index (χ0n) is 9.91. The topological polar surface area (TPSA) is 64.1 Å². The second kappa shape index (κ2) is 5.66. The molecule has 0 radical (unpaired) electrons. The Balaban J connectivity index is 2.26. The molecule has 1 aromatic heterocycles. The highest BCUT2D eigenvalue weighted by molar-refractivity contribution is 6.31. The highest BCUT2D eigenvalue weighted by Gasteiger charge is 2.16. The van der Waals surface area contributed by atoms with Crippen molar-refractivity contribution >= 4 is 11.6 Å². The molecule has 0 saturated heterocycles. The molecule has 1 atom stereocenters. The predicted molar refractivity (Wildman–Crippen MR) is 65.5 cm³/mol. The van der Waals surface area contributed by atoms with E-state index in [0.29, 0.717) is 11.6 Å². The molecule has 0 saturated carbocycles. The molecule has 4 nitrogen and oxygen atoms in total. The maximum absolute atomic E-state index is 9.70. The van der Waals surface area contributed by atoms with E-state index in [2.05, 4.69) is 5.10 Å². The predicted octanol–water partition coefficient (Wildman–Crippen LogP) is 1.72. The van der Waals surface area contributed by atoms with Gasteiger partial charge in [-0.2, -0.15) is 5.10 Å². The minimum absolute atomic E-state index is 0.305. The van der Waals surface area contributed by atoms with Gasteiger partial charge in [-0.1, -0.05) is 11.6 Å². The molecule has 0 fully saturated rings. The molecular weight excluding hydrogens is 226 g/mol. The Morgan fingerprint density at radius 1 is 1.56 bits per heavy atom. The molecule has 0 aromatic carbocycles. The van der Waals surface area contributed by atoms with Crippen LogP contribution < -0.4 is 5.73 Å². The van der Waals surface area contributed by atoms with Crippen molar-refractivity contribution in [1.29, 1.82) is 0 Å². The Labute approximate surface area is 101 Å². The molecule has 0 amide bonds. The van der Waals surface area contributed by atoms with Gasteiger partial charge in [0.15, 0.2) is 0 Å². The Morgan fingerprint density at radius 3 is 2.75 bits per heavy atom. The fraction of sp³-hybridized carbons (Fsp3) is 0.727. The van der Waals surface area contributed by atoms with E-state index in [1.165, 1.54) is 0 Å². The number of nitrogens with zero attached hydrogens (tertiary/aromatic N) is 2. The van der Waals surface area contributed by atoms with Crippen LogP contribution in [0.1, 0.15) is 31.9 Å². The lowest BCUT2D eigenvalue weighted by molar-refractivity contribution is 0.0569. The summed E-state index contributed by atoms with van der Waals surface area (Å²) in [5.74, 6) is 0. The smallest absolute Gasteiger partial charge is 0.0814 e. The van der Waals surface area contributed by atoms with Crippen LogP contribution in [0, 0.1) is 6.92 Å². The van der Waals surface area contributed by atoms with Crippen LogP contribution >= 0.6 is 11.6 Å². The first-order chi connectivity index (χ1) is 7.44. The Bertz CT molecular complexity index is 316. The van der Waals surface area contributed by atoms with Crippen LogP contribution in [0.5, 0.6) is 0 Å². The van der Waals surface area contributed by atoms with Crippen molar-refractivity contribution in [3.05, 3.63) is 16.9 Å². The van der Waals surface area contributed by atoms with Crippen LogP contribution in [0.15, 0.2) is 6.20 Å². The van der Waals surface area contributed by atoms with Crippen molar-refractivity contribution in [2.75, 3.05) is 6.54 Å². The highest BCUT2D eigenvalue weighted by Crippen LogP contribution is 2.15. The van der Waals surface area contributed by atoms with Crippen molar-refractivity contribution < 1.29 is 5.11 Å². The van der Waals surface area contributed by atoms with Crippen molar-refractivity contribution in [1.82, 2.24) is 9.78 Å². The van der Waals surface area contributed by atoms with Crippen molar-refractivity contribution in [2.45, 2.75) is 45.3 Å². The summed E-state index contributed by atoms with van der Waals surface area (Å²) in [6, 6.07) is 0. The van der Waals surface area contributed by atoms with Gasteiger partial charge in [0.2, 0.25) is 0 Å². The largest absolute Gasteiger partial charge is 0.389 e. The first-order valence-corrected chi connectivity index (χ1v) is 5.94. The van der Waals surface area contributed by atoms with E-state index >= 15 is 0 Å². The molecular formula is C11H20ClN3O. The van der Waals surface area contributed by atoms with Gasteiger partial charge in [-0.3, -0.25) is 4.68 Å². The first kappa shape index (κ1) is 13.5. The minimum atomic E-state index is -0.738. The molecule has 0 aliphatic carbocycles. The average Bonchev–Trinajstić information content (AvgIpc) is 2.54. The minimum Gasteiger partial charge on any atom is -0.389 e. The molecule has 0 bridgehead atoms. The number of halogens is 1. The molecule has 0 spiro atoms. The van der Waals surface area contributed by atoms with Gasteiger partial charge in [0.05, 0.1) is 16.3 Å². The fourth-order valence-electron chi connectivity index (χ4n) is 1.49. The van der Waals surface area contributed by atoms with Crippen LogP contribution in [-0.2, 0) is 6.54 Å². The van der Waals surface area contributed by atoms with E-state index in [0.717, 1.165) is 31.5 Å². The Morgan fingerprint density at radius 2 is 2.25 bits per heavy atom. The Kier molecular flexibility index (Phi) is 4.77. The first-order valence-electron chi connectivity index (χ1n) is 5.56. The van der Waals surface area contributed by atoms with Gasteiger partial charge in [0.1, 0.15) is 0 Å². The number of nitrogens with two attached hydrogens (primary N) is 1. The molecule has 16 heavy (non-hydrogen) atoms. The Hall–Kier alpha value is -0.580. The summed E-state index contributed by atoms with van der Waals surface area (Å²) in [5, 5.41) is 14.7. The maximum atomic E-state index is 9.70. The third-order valence-electron chi connectivity index (χ3n) is 2.68. The van der Waals surface area contributed by atoms with Gasteiger partial charge < -0.3 is 10.8 Å². The third kappa shape index (κ3) is 4.12. The zero-order valence-corrected chi connectivity index (χ0v) is 10.7. The second-order valence-electron chi connectivity index (χ2n) is 4.48. The van der Waals surface area contributed by atoms with Crippen LogP contribution in [0.3, 0.4) is 0 Å². The lowest BCUT2D eigenvalue weighted by atomic mass is 9.99. The third-order valence-corrected chi connectivity index (χ3v) is 3.05. The molecule has 3 N–H and O–H groups in total. The number of hydrogen-bond donors (Lipinski definition) is 2. The van der Waals surface area contributed by atoms with Crippen molar-refractivity contribution in [2.24, 2.45) is 5.73 Å². The molecule has 1 unspecified atom stereocenters. The normalized spacial score (nSPS) is 15.1. The van der Waals surface area contributed by atoms with E-state index in [4.69, 9.17) is 17.3 Å². The number of unbranched alkanes of at least 4 members (excludes halogenated alkanes) is 1. The number of aromatic nitrogens is 2. The number of aliphatic hydroxyl groups is 1. The maximum Gasteiger partial charge on any atom is 0.0814 e. The van der Waals surface area contributed by atoms with Gasteiger partial charge in [-0.15, -0.1) is 0 Å². The van der Waals surface area contributed by atoms with Crippen molar-refractivity contribution in [3.8, 4) is 0 Å². The zero-order chi connectivity index (χ0) is 12.2. The molecule has 5 heteroatoms. The van der Waals surface area contributed by atoms with Crippen LogP contribution in [-0.4, -0.2) is 27.0 Å². The summed E-state index contributed by atoms with van der Waals surface area (Å²) in [6.07, 6.45) is 4.45. The number of hydrogen-bond acceptors (Lipinski definition) is 3. The van der Waals surface area contributed by atoms with E-state index in [-0.39, 0.29) is 0 Å². The summed E-state index contributed by atoms with van der Waals surface area (Å²) >= 11 is 5.90. The molecule has 1 heterocycles. The van der Waals surface area contributed by atoms with Crippen LogP contribution in [0.2, 0.25) is 5.02 Å². The summed E-state index contributed by atoms with van der Waals surface area (Å²) in [4.78, 5) is 0. The molecule has 1 aromatic rings. The highest BCUT2D eigenvalue weighted by atomic mass is 35.5. The summed E-state index contributed by atoms with van der Waals surface area (Å²) in [7, 11) is 0. The van der Waals surface area contributed by atoms with Crippen molar-refractivity contribution in [3.63, 3.8) is 0 Å². The lowest BCUT2D eigenvalue weighted by Gasteiger charge is -2.20.